The van der Waals surface area contributed by atoms with Crippen molar-refractivity contribution in [2.75, 3.05) is 13.7 Å². The lowest BCUT2D eigenvalue weighted by molar-refractivity contribution is 0.0397. The summed E-state index contributed by atoms with van der Waals surface area (Å²) in [5.41, 5.74) is 6.94. The number of aliphatic hydroxyl groups is 2. The van der Waals surface area contributed by atoms with Gasteiger partial charge in [0.25, 0.3) is 0 Å². The lowest BCUT2D eigenvalue weighted by atomic mass is 9.91. The van der Waals surface area contributed by atoms with Gasteiger partial charge >= 0.3 is 0 Å². The van der Waals surface area contributed by atoms with Crippen LogP contribution in [0.4, 0.5) is 4.39 Å². The molecular formula is C27H30ClFN2O5. The normalized spacial score (nSPS) is 13.7. The molecule has 0 saturated heterocycles. The first-order chi connectivity index (χ1) is 17.0. The summed E-state index contributed by atoms with van der Waals surface area (Å²) in [6, 6.07) is 12.5. The Morgan fingerprint density at radius 3 is 2.58 bits per heavy atom. The van der Waals surface area contributed by atoms with Crippen LogP contribution in [0.1, 0.15) is 48.3 Å². The zero-order chi connectivity index (χ0) is 26.5. The molecule has 36 heavy (non-hydrogen) atoms. The van der Waals surface area contributed by atoms with E-state index in [2.05, 4.69) is 4.98 Å². The molecule has 1 unspecified atom stereocenters. The van der Waals surface area contributed by atoms with E-state index < -0.39 is 17.5 Å². The van der Waals surface area contributed by atoms with Gasteiger partial charge in [-0.3, -0.25) is 4.79 Å². The Morgan fingerprint density at radius 1 is 1.19 bits per heavy atom. The number of pyridine rings is 1. The van der Waals surface area contributed by atoms with Gasteiger partial charge in [-0.1, -0.05) is 11.6 Å². The monoisotopic (exact) mass is 516 g/mol. The number of Topliss-reactive ketones (excluding diaryl/α,β-unsaturated/α-hetero) is 1. The minimum Gasteiger partial charge on any atom is -0.493 e. The zero-order valence-electron chi connectivity index (χ0n) is 20.4. The van der Waals surface area contributed by atoms with Gasteiger partial charge in [-0.2, -0.15) is 0 Å². The number of ketones is 1. The maximum absolute atomic E-state index is 13.6. The lowest BCUT2D eigenvalue weighted by Gasteiger charge is -2.24. The number of benzene rings is 2. The summed E-state index contributed by atoms with van der Waals surface area (Å²) in [6.07, 6.45) is -0.514. The summed E-state index contributed by atoms with van der Waals surface area (Å²) >= 11 is 5.93. The van der Waals surface area contributed by atoms with Crippen molar-refractivity contribution in [3.05, 3.63) is 76.2 Å². The largest absolute Gasteiger partial charge is 0.493 e. The fourth-order valence-electron chi connectivity index (χ4n) is 3.58. The molecule has 0 aliphatic rings. The van der Waals surface area contributed by atoms with Crippen LogP contribution in [0, 0.1) is 5.82 Å². The first-order valence-electron chi connectivity index (χ1n) is 11.5. The second-order valence-corrected chi connectivity index (χ2v) is 9.21. The van der Waals surface area contributed by atoms with E-state index in [0.717, 1.165) is 5.56 Å². The molecule has 0 aliphatic heterocycles. The first kappa shape index (κ1) is 27.5. The maximum atomic E-state index is 13.6. The van der Waals surface area contributed by atoms with Crippen LogP contribution in [-0.4, -0.2) is 40.8 Å². The molecule has 0 spiro atoms. The number of carbonyl (C=O) groups is 1. The number of hydrogen-bond acceptors (Lipinski definition) is 7. The predicted octanol–water partition coefficient (Wildman–Crippen LogP) is 4.64. The minimum absolute atomic E-state index is 0.0379. The van der Waals surface area contributed by atoms with Crippen LogP contribution in [0.3, 0.4) is 0 Å². The molecule has 3 rings (SSSR count). The van der Waals surface area contributed by atoms with E-state index in [-0.39, 0.29) is 36.8 Å². The summed E-state index contributed by atoms with van der Waals surface area (Å²) in [7, 11) is 1.46. The van der Waals surface area contributed by atoms with Crippen LogP contribution < -0.4 is 15.2 Å². The molecule has 2 atom stereocenters. The van der Waals surface area contributed by atoms with Crippen LogP contribution in [0.15, 0.2) is 48.5 Å². The Balaban J connectivity index is 1.79. The number of nitrogens with two attached hydrogens (primary N) is 1. The van der Waals surface area contributed by atoms with Crippen molar-refractivity contribution in [1.82, 2.24) is 4.98 Å². The van der Waals surface area contributed by atoms with Crippen LogP contribution in [0.2, 0.25) is 5.02 Å². The molecule has 0 radical (unpaired) electrons. The van der Waals surface area contributed by atoms with Crippen molar-refractivity contribution >= 4 is 17.4 Å². The average molecular weight is 517 g/mol. The summed E-state index contributed by atoms with van der Waals surface area (Å²) < 4.78 is 24.4. The summed E-state index contributed by atoms with van der Waals surface area (Å²) in [5.74, 6) is 0.0443. The number of hydrogen-bond donors (Lipinski definition) is 3. The Hall–Kier alpha value is -3.04. The van der Waals surface area contributed by atoms with Crippen LogP contribution in [0.5, 0.6) is 11.5 Å². The number of methoxy groups -OCH3 is 1. The van der Waals surface area contributed by atoms with Gasteiger partial charge in [0.15, 0.2) is 17.3 Å². The van der Waals surface area contributed by atoms with Gasteiger partial charge in [0.1, 0.15) is 18.0 Å². The highest BCUT2D eigenvalue weighted by molar-refractivity contribution is 6.31. The van der Waals surface area contributed by atoms with Gasteiger partial charge in [0.2, 0.25) is 0 Å². The maximum Gasteiger partial charge on any atom is 0.163 e. The van der Waals surface area contributed by atoms with Gasteiger partial charge in [0.05, 0.1) is 29.6 Å². The van der Waals surface area contributed by atoms with E-state index in [0.29, 0.717) is 34.0 Å². The van der Waals surface area contributed by atoms with E-state index >= 15 is 0 Å². The average Bonchev–Trinajstić information content (AvgIpc) is 2.87. The molecule has 0 fully saturated rings. The SMILES string of the molecule is COc1cc(C(=O)CCC(C)(O)c2cc(CN)cc(-c3ccc(F)c(Cl)c3)n2)ccc1OC[C@@H](C)O. The summed E-state index contributed by atoms with van der Waals surface area (Å²) in [4.78, 5) is 17.5. The number of carbonyl (C=O) groups excluding carboxylic acids is 1. The first-order valence-corrected chi connectivity index (χ1v) is 11.8. The van der Waals surface area contributed by atoms with Crippen molar-refractivity contribution in [1.29, 1.82) is 0 Å². The molecule has 1 aromatic heterocycles. The van der Waals surface area contributed by atoms with E-state index in [9.17, 15) is 19.4 Å². The Bertz CT molecular complexity index is 1230. The van der Waals surface area contributed by atoms with Gasteiger partial charge in [-0.25, -0.2) is 9.37 Å². The Labute approximate surface area is 214 Å². The molecule has 2 aromatic carbocycles. The highest BCUT2D eigenvalue weighted by Gasteiger charge is 2.27. The van der Waals surface area contributed by atoms with E-state index in [1.54, 1.807) is 50.2 Å². The van der Waals surface area contributed by atoms with Crippen molar-refractivity contribution in [2.24, 2.45) is 5.73 Å². The zero-order valence-corrected chi connectivity index (χ0v) is 21.2. The second kappa shape index (κ2) is 11.8. The van der Waals surface area contributed by atoms with E-state index in [4.69, 9.17) is 26.8 Å². The third kappa shape index (κ3) is 6.79. The highest BCUT2D eigenvalue weighted by Crippen LogP contribution is 2.32. The fraction of sp³-hybridized carbons (Fsp3) is 0.333. The molecule has 0 amide bonds. The molecule has 3 aromatic rings. The van der Waals surface area contributed by atoms with Gasteiger partial charge < -0.3 is 25.4 Å². The van der Waals surface area contributed by atoms with Gasteiger partial charge in [-0.05, 0) is 74.4 Å². The summed E-state index contributed by atoms with van der Waals surface area (Å²) in [5, 5.41) is 20.6. The molecule has 4 N–H and O–H groups in total. The number of nitrogens with zero attached hydrogens (tertiary/aromatic N) is 1. The van der Waals surface area contributed by atoms with Crippen molar-refractivity contribution in [2.45, 2.75) is 44.9 Å². The van der Waals surface area contributed by atoms with Crippen LogP contribution >= 0.6 is 11.6 Å². The number of rotatable bonds is 11. The molecule has 192 valence electrons. The molecule has 7 nitrogen and oxygen atoms in total. The van der Waals surface area contributed by atoms with E-state index in [1.807, 2.05) is 0 Å². The van der Waals surface area contributed by atoms with Crippen molar-refractivity contribution < 1.29 is 28.9 Å². The minimum atomic E-state index is -1.44. The predicted molar refractivity (Wildman–Crippen MR) is 136 cm³/mol. The quantitative estimate of drug-likeness (QED) is 0.318. The highest BCUT2D eigenvalue weighted by atomic mass is 35.5. The number of aliphatic hydroxyl groups excluding tert-OH is 1. The smallest absolute Gasteiger partial charge is 0.163 e. The van der Waals surface area contributed by atoms with Gasteiger partial charge in [0, 0.05) is 24.1 Å². The molecule has 1 heterocycles. The summed E-state index contributed by atoms with van der Waals surface area (Å²) in [6.45, 7) is 3.48. The number of aromatic nitrogens is 1. The number of ether oxygens (including phenoxy) is 2. The van der Waals surface area contributed by atoms with Crippen LogP contribution in [-0.2, 0) is 12.1 Å². The molecule has 0 saturated carbocycles. The topological polar surface area (TPSA) is 115 Å². The third-order valence-corrected chi connectivity index (χ3v) is 5.98. The lowest BCUT2D eigenvalue weighted by Crippen LogP contribution is -2.24. The van der Waals surface area contributed by atoms with Crippen molar-refractivity contribution in [3.8, 4) is 22.8 Å². The molecule has 9 heteroatoms. The van der Waals surface area contributed by atoms with Crippen LogP contribution in [0.25, 0.3) is 11.3 Å². The van der Waals surface area contributed by atoms with E-state index in [1.165, 1.54) is 19.2 Å². The Morgan fingerprint density at radius 2 is 1.94 bits per heavy atom. The molecule has 0 aliphatic carbocycles. The molecule has 0 bridgehead atoms. The molecular weight excluding hydrogens is 487 g/mol. The third-order valence-electron chi connectivity index (χ3n) is 5.69. The Kier molecular flexibility index (Phi) is 9.03. The standard InChI is InChI=1S/C27H30ClFN2O5/c1-16(32)15-36-24-7-5-19(13-25(24)35-3)23(33)8-9-27(2,34)26-11-17(14-30)10-22(31-26)18-4-6-21(29)20(28)12-18/h4-7,10-13,16,32,34H,8-9,14-15,30H2,1-3H3/t16-,27?/m1/s1. The number of halogens is 2. The van der Waals surface area contributed by atoms with Gasteiger partial charge in [-0.15, -0.1) is 0 Å². The second-order valence-electron chi connectivity index (χ2n) is 8.80. The fourth-order valence-corrected chi connectivity index (χ4v) is 3.76. The van der Waals surface area contributed by atoms with Crippen molar-refractivity contribution in [3.63, 3.8) is 0 Å².